The highest BCUT2D eigenvalue weighted by Gasteiger charge is 2.45. The number of aliphatic carboxylic acids is 1. The molecule has 19 heteroatoms. The third-order valence-electron chi connectivity index (χ3n) is 5.48. The number of anilines is 2. The van der Waals surface area contributed by atoms with Crippen LogP contribution < -0.4 is 16.4 Å². The lowest BCUT2D eigenvalue weighted by atomic mass is 9.87. The number of hydrogen-bond donors (Lipinski definition) is 4. The van der Waals surface area contributed by atoms with E-state index < -0.39 is 53.6 Å². The van der Waals surface area contributed by atoms with Gasteiger partial charge in [0.25, 0.3) is 11.8 Å². The Bertz CT molecular complexity index is 1350. The second-order valence-corrected chi connectivity index (χ2v) is 8.39. The molecule has 4 rings (SSSR count). The van der Waals surface area contributed by atoms with E-state index >= 15 is 0 Å². The summed E-state index contributed by atoms with van der Waals surface area (Å²) in [6, 6.07) is 0.628. The van der Waals surface area contributed by atoms with Gasteiger partial charge in [-0.1, -0.05) is 0 Å². The number of carboxylic acid groups (broad SMARTS) is 1. The van der Waals surface area contributed by atoms with Crippen LogP contribution in [0.4, 0.5) is 46.8 Å². The summed E-state index contributed by atoms with van der Waals surface area (Å²) in [5.74, 6) is -6.70. The molecular formula is C20H20F8N8O3. The molecule has 0 aliphatic heterocycles. The molecule has 5 N–H and O–H groups in total. The maximum atomic E-state index is 13.9. The quantitative estimate of drug-likeness (QED) is 0.348. The van der Waals surface area contributed by atoms with Gasteiger partial charge < -0.3 is 21.5 Å². The van der Waals surface area contributed by atoms with Crippen molar-refractivity contribution in [1.82, 2.24) is 24.4 Å². The van der Waals surface area contributed by atoms with Gasteiger partial charge in [-0.15, -0.1) is 5.10 Å². The number of amides is 1. The van der Waals surface area contributed by atoms with Crippen molar-refractivity contribution in [2.45, 2.75) is 49.6 Å². The Morgan fingerprint density at radius 1 is 1.15 bits per heavy atom. The van der Waals surface area contributed by atoms with Crippen molar-refractivity contribution in [3.05, 3.63) is 35.9 Å². The first-order valence-electron chi connectivity index (χ1n) is 10.9. The average molecular weight is 572 g/mol. The predicted molar refractivity (Wildman–Crippen MR) is 117 cm³/mol. The van der Waals surface area contributed by atoms with E-state index in [2.05, 4.69) is 25.8 Å². The second-order valence-electron chi connectivity index (χ2n) is 8.39. The second kappa shape index (κ2) is 10.6. The van der Waals surface area contributed by atoms with Crippen LogP contribution in [-0.4, -0.2) is 65.5 Å². The zero-order chi connectivity index (χ0) is 29.3. The maximum Gasteiger partial charge on any atom is 0.490 e. The lowest BCUT2D eigenvalue weighted by Crippen LogP contribution is -2.55. The molecule has 0 radical (unpaired) electrons. The van der Waals surface area contributed by atoms with E-state index in [4.69, 9.17) is 15.6 Å². The van der Waals surface area contributed by atoms with Crippen LogP contribution in [0.3, 0.4) is 0 Å². The lowest BCUT2D eigenvalue weighted by Gasteiger charge is -2.35. The van der Waals surface area contributed by atoms with Gasteiger partial charge in [-0.3, -0.25) is 9.48 Å². The number of halogens is 8. The highest BCUT2D eigenvalue weighted by atomic mass is 19.4. The molecule has 2 atom stereocenters. The number of aryl methyl sites for hydroxylation is 1. The molecule has 1 aliphatic rings. The Kier molecular flexibility index (Phi) is 8.04. The molecule has 214 valence electrons. The number of carbonyl (C=O) groups is 2. The molecule has 1 amide bonds. The Labute approximate surface area is 213 Å². The van der Waals surface area contributed by atoms with Crippen LogP contribution in [0.1, 0.15) is 35.4 Å². The zero-order valence-corrected chi connectivity index (χ0v) is 19.7. The summed E-state index contributed by atoms with van der Waals surface area (Å²) in [7, 11) is 1.29. The van der Waals surface area contributed by atoms with Gasteiger partial charge in [-0.05, 0) is 25.0 Å². The minimum Gasteiger partial charge on any atom is -0.475 e. The molecule has 1 aliphatic carbocycles. The van der Waals surface area contributed by atoms with E-state index in [1.165, 1.54) is 25.4 Å². The molecule has 3 aromatic heterocycles. The molecular weight excluding hydrogens is 552 g/mol. The van der Waals surface area contributed by atoms with Crippen LogP contribution in [0.5, 0.6) is 0 Å². The number of carboxylic acids is 1. The summed E-state index contributed by atoms with van der Waals surface area (Å²) in [6.07, 6.45) is -7.11. The Hall–Kier alpha value is -4.03. The number of hydrogen-bond acceptors (Lipinski definition) is 7. The summed E-state index contributed by atoms with van der Waals surface area (Å²) in [5.41, 5.74) is 4.22. The Morgan fingerprint density at radius 3 is 2.38 bits per heavy atom. The Balaban J connectivity index is 0.000000532. The van der Waals surface area contributed by atoms with Crippen molar-refractivity contribution in [1.29, 1.82) is 0 Å². The third-order valence-corrected chi connectivity index (χ3v) is 5.48. The van der Waals surface area contributed by atoms with Crippen LogP contribution >= 0.6 is 0 Å². The molecule has 3 aromatic rings. The molecule has 0 aromatic carbocycles. The zero-order valence-electron chi connectivity index (χ0n) is 19.7. The first-order valence-corrected chi connectivity index (χ1v) is 10.9. The molecule has 0 spiro atoms. The van der Waals surface area contributed by atoms with Crippen LogP contribution in [0.15, 0.2) is 24.5 Å². The van der Waals surface area contributed by atoms with Gasteiger partial charge in [0.1, 0.15) is 5.69 Å². The third kappa shape index (κ3) is 6.89. The van der Waals surface area contributed by atoms with E-state index in [1.54, 1.807) is 0 Å². The lowest BCUT2D eigenvalue weighted by molar-refractivity contribution is -0.192. The summed E-state index contributed by atoms with van der Waals surface area (Å²) >= 11 is 0. The van der Waals surface area contributed by atoms with Gasteiger partial charge >= 0.3 is 18.3 Å². The van der Waals surface area contributed by atoms with Crippen molar-refractivity contribution in [3.63, 3.8) is 0 Å². The fourth-order valence-corrected chi connectivity index (χ4v) is 3.64. The summed E-state index contributed by atoms with van der Waals surface area (Å²) in [6.45, 7) is 0. The predicted octanol–water partition coefficient (Wildman–Crippen LogP) is 3.29. The van der Waals surface area contributed by atoms with Crippen LogP contribution in [0.2, 0.25) is 0 Å². The first kappa shape index (κ1) is 29.5. The fraction of sp³-hybridized carbons (Fsp3) is 0.450. The smallest absolute Gasteiger partial charge is 0.475 e. The van der Waals surface area contributed by atoms with Gasteiger partial charge in [0.15, 0.2) is 5.69 Å². The van der Waals surface area contributed by atoms with E-state index in [0.717, 1.165) is 15.4 Å². The van der Waals surface area contributed by atoms with Crippen molar-refractivity contribution in [2.24, 2.45) is 12.8 Å². The van der Waals surface area contributed by atoms with E-state index in [0.29, 0.717) is 11.9 Å². The minimum absolute atomic E-state index is 0.0433. The number of nitrogens with one attached hydrogen (secondary N) is 2. The highest BCUT2D eigenvalue weighted by molar-refractivity contribution is 6.04. The number of alkyl halides is 8. The molecule has 0 saturated heterocycles. The summed E-state index contributed by atoms with van der Waals surface area (Å²) in [4.78, 5) is 25.6. The highest BCUT2D eigenvalue weighted by Crippen LogP contribution is 2.34. The monoisotopic (exact) mass is 572 g/mol. The summed E-state index contributed by atoms with van der Waals surface area (Å²) in [5, 5.41) is 19.6. The number of fused-ring (bicyclic) bond motifs is 1. The SMILES string of the molecule is Cn1cc(NC(=O)c2ccc3cnc(N[C@@H]4CCCC(F)(F)[C@@H]4N)nn23)c(C(F)(F)F)n1.O=C(O)C(F)(F)F. The minimum atomic E-state index is -5.08. The number of aromatic nitrogens is 5. The van der Waals surface area contributed by atoms with E-state index in [-0.39, 0.29) is 24.5 Å². The van der Waals surface area contributed by atoms with Crippen molar-refractivity contribution in [3.8, 4) is 0 Å². The van der Waals surface area contributed by atoms with Gasteiger partial charge in [0.2, 0.25) is 5.95 Å². The van der Waals surface area contributed by atoms with E-state index in [1.807, 2.05) is 0 Å². The molecule has 3 heterocycles. The van der Waals surface area contributed by atoms with Gasteiger partial charge in [0, 0.05) is 19.7 Å². The Morgan fingerprint density at radius 2 is 1.79 bits per heavy atom. The summed E-state index contributed by atoms with van der Waals surface area (Å²) < 4.78 is 101. The molecule has 0 unspecified atom stereocenters. The molecule has 0 bridgehead atoms. The average Bonchev–Trinajstić information content (AvgIpc) is 3.39. The number of nitrogens with two attached hydrogens (primary N) is 1. The molecule has 39 heavy (non-hydrogen) atoms. The normalized spacial score (nSPS) is 19.2. The number of carbonyl (C=O) groups excluding carboxylic acids is 1. The van der Waals surface area contributed by atoms with Crippen molar-refractivity contribution < 1.29 is 49.8 Å². The van der Waals surface area contributed by atoms with Crippen LogP contribution in [0.25, 0.3) is 5.52 Å². The topological polar surface area (TPSA) is 152 Å². The van der Waals surface area contributed by atoms with Gasteiger partial charge in [0.05, 0.1) is 29.5 Å². The number of nitrogens with zero attached hydrogens (tertiary/aromatic N) is 5. The number of rotatable bonds is 4. The van der Waals surface area contributed by atoms with E-state index in [9.17, 15) is 39.9 Å². The standard InChI is InChI=1S/C18H19F5N8O.C2HF3O2/c1-30-8-11(14(28-30)18(21,22)23)26-15(32)12-5-4-9-7-25-16(29-31(9)12)27-10-3-2-6-17(19,20)13(10)24;3-2(4,5)1(6)7/h4-5,7-8,10,13H,2-3,6,24H2,1H3,(H,26,32)(H,27,29);(H,6,7)/t10-,13-;/m1./s1. The largest absolute Gasteiger partial charge is 0.490 e. The van der Waals surface area contributed by atoms with Crippen molar-refractivity contribution >= 4 is 29.0 Å². The maximum absolute atomic E-state index is 13.9. The molecule has 1 saturated carbocycles. The van der Waals surface area contributed by atoms with Crippen molar-refractivity contribution in [2.75, 3.05) is 10.6 Å². The van der Waals surface area contributed by atoms with Gasteiger partial charge in [-0.2, -0.15) is 31.4 Å². The van der Waals surface area contributed by atoms with Gasteiger partial charge in [-0.25, -0.2) is 23.1 Å². The molecule has 1 fully saturated rings. The van der Waals surface area contributed by atoms with Crippen LogP contribution in [-0.2, 0) is 18.0 Å². The fourth-order valence-electron chi connectivity index (χ4n) is 3.64. The molecule has 11 nitrogen and oxygen atoms in total. The van der Waals surface area contributed by atoms with Crippen LogP contribution in [0, 0.1) is 0 Å². The first-order chi connectivity index (χ1) is 17.9.